The van der Waals surface area contributed by atoms with Crippen molar-refractivity contribution in [2.24, 2.45) is 11.8 Å². The van der Waals surface area contributed by atoms with Crippen molar-refractivity contribution in [3.05, 3.63) is 0 Å². The Hall–Kier alpha value is -0.0800. The molecule has 92 valence electrons. The van der Waals surface area contributed by atoms with Crippen LogP contribution in [0.25, 0.3) is 0 Å². The van der Waals surface area contributed by atoms with E-state index in [1.165, 1.54) is 0 Å². The predicted octanol–water partition coefficient (Wildman–Crippen LogP) is 3.07. The Morgan fingerprint density at radius 3 is 2.07 bits per heavy atom. The number of hydrogen-bond acceptors (Lipinski definition) is 2. The van der Waals surface area contributed by atoms with Crippen molar-refractivity contribution in [2.45, 2.75) is 60.1 Å². The lowest BCUT2D eigenvalue weighted by molar-refractivity contribution is 0.0299. The smallest absolute Gasteiger partial charge is 0.0625 e. The molecule has 0 amide bonds. The standard InChI is InChI=1S/C13H29NO/c1-7-14-13(11(4)5)9-15-12(6)8-10(2)3/h10-14H,7-9H2,1-6H3. The number of nitrogens with one attached hydrogen (secondary N) is 1. The van der Waals surface area contributed by atoms with Crippen LogP contribution in [0.5, 0.6) is 0 Å². The molecule has 0 aliphatic rings. The van der Waals surface area contributed by atoms with E-state index in [2.05, 4.69) is 46.9 Å². The Morgan fingerprint density at radius 1 is 1.07 bits per heavy atom. The summed E-state index contributed by atoms with van der Waals surface area (Å²) in [5.74, 6) is 1.35. The maximum absolute atomic E-state index is 5.87. The summed E-state index contributed by atoms with van der Waals surface area (Å²) in [5, 5.41) is 3.47. The van der Waals surface area contributed by atoms with Gasteiger partial charge in [0.1, 0.15) is 0 Å². The minimum atomic E-state index is 0.380. The van der Waals surface area contributed by atoms with Crippen LogP contribution in [0.2, 0.25) is 0 Å². The largest absolute Gasteiger partial charge is 0.377 e. The molecule has 0 aromatic rings. The molecule has 1 N–H and O–H groups in total. The summed E-state index contributed by atoms with van der Waals surface area (Å²) >= 11 is 0. The van der Waals surface area contributed by atoms with Crippen LogP contribution in [0.1, 0.15) is 48.0 Å². The first-order valence-corrected chi connectivity index (χ1v) is 6.32. The summed E-state index contributed by atoms with van der Waals surface area (Å²) in [5.41, 5.74) is 0. The van der Waals surface area contributed by atoms with Gasteiger partial charge >= 0.3 is 0 Å². The van der Waals surface area contributed by atoms with Crippen LogP contribution in [-0.2, 0) is 4.74 Å². The first-order valence-electron chi connectivity index (χ1n) is 6.32. The molecule has 0 heterocycles. The Kier molecular flexibility index (Phi) is 8.07. The number of hydrogen-bond donors (Lipinski definition) is 1. The van der Waals surface area contributed by atoms with Gasteiger partial charge in [0.05, 0.1) is 12.7 Å². The SMILES string of the molecule is CCNC(COC(C)CC(C)C)C(C)C. The average molecular weight is 215 g/mol. The van der Waals surface area contributed by atoms with Crippen molar-refractivity contribution < 1.29 is 4.74 Å². The van der Waals surface area contributed by atoms with Crippen LogP contribution in [-0.4, -0.2) is 25.3 Å². The van der Waals surface area contributed by atoms with Crippen LogP contribution < -0.4 is 5.32 Å². The lowest BCUT2D eigenvalue weighted by Gasteiger charge is -2.24. The van der Waals surface area contributed by atoms with Gasteiger partial charge in [0.15, 0.2) is 0 Å². The quantitative estimate of drug-likeness (QED) is 0.672. The summed E-state index contributed by atoms with van der Waals surface area (Å²) in [6.45, 7) is 15.1. The monoisotopic (exact) mass is 215 g/mol. The second-order valence-electron chi connectivity index (χ2n) is 5.18. The van der Waals surface area contributed by atoms with Gasteiger partial charge in [-0.15, -0.1) is 0 Å². The van der Waals surface area contributed by atoms with Gasteiger partial charge in [0.2, 0.25) is 0 Å². The van der Waals surface area contributed by atoms with Crippen molar-refractivity contribution in [3.63, 3.8) is 0 Å². The number of ether oxygens (including phenoxy) is 1. The van der Waals surface area contributed by atoms with Gasteiger partial charge in [-0.25, -0.2) is 0 Å². The molecule has 2 unspecified atom stereocenters. The van der Waals surface area contributed by atoms with Crippen LogP contribution in [0, 0.1) is 11.8 Å². The predicted molar refractivity (Wildman–Crippen MR) is 67.2 cm³/mol. The van der Waals surface area contributed by atoms with Gasteiger partial charge in [-0.05, 0) is 31.7 Å². The third kappa shape index (κ3) is 7.80. The van der Waals surface area contributed by atoms with E-state index in [0.717, 1.165) is 25.5 Å². The second kappa shape index (κ2) is 8.12. The molecule has 2 atom stereocenters. The molecule has 2 heteroatoms. The molecule has 0 saturated carbocycles. The average Bonchev–Trinajstić information content (AvgIpc) is 2.10. The maximum Gasteiger partial charge on any atom is 0.0625 e. The Balaban J connectivity index is 3.77. The fraction of sp³-hybridized carbons (Fsp3) is 1.00. The van der Waals surface area contributed by atoms with Gasteiger partial charge < -0.3 is 10.1 Å². The minimum absolute atomic E-state index is 0.380. The summed E-state index contributed by atoms with van der Waals surface area (Å²) in [6.07, 6.45) is 1.53. The topological polar surface area (TPSA) is 21.3 Å². The molecule has 0 rings (SSSR count). The zero-order valence-corrected chi connectivity index (χ0v) is 11.3. The zero-order valence-electron chi connectivity index (χ0n) is 11.3. The van der Waals surface area contributed by atoms with Gasteiger partial charge in [-0.3, -0.25) is 0 Å². The van der Waals surface area contributed by atoms with Crippen LogP contribution in [0.15, 0.2) is 0 Å². The highest BCUT2D eigenvalue weighted by atomic mass is 16.5. The fourth-order valence-electron chi connectivity index (χ4n) is 1.75. The number of likely N-dealkylation sites (N-methyl/N-ethyl adjacent to an activating group) is 1. The molecule has 0 fully saturated rings. The van der Waals surface area contributed by atoms with Gasteiger partial charge in [0.25, 0.3) is 0 Å². The van der Waals surface area contributed by atoms with Gasteiger partial charge in [-0.1, -0.05) is 34.6 Å². The molecular weight excluding hydrogens is 186 g/mol. The third-order valence-corrected chi connectivity index (χ3v) is 2.63. The van der Waals surface area contributed by atoms with E-state index in [1.54, 1.807) is 0 Å². The summed E-state index contributed by atoms with van der Waals surface area (Å²) in [7, 11) is 0. The minimum Gasteiger partial charge on any atom is -0.377 e. The fourth-order valence-corrected chi connectivity index (χ4v) is 1.75. The summed E-state index contributed by atoms with van der Waals surface area (Å²) in [4.78, 5) is 0. The van der Waals surface area contributed by atoms with E-state index in [-0.39, 0.29) is 0 Å². The lowest BCUT2D eigenvalue weighted by atomic mass is 10.0. The molecule has 0 radical (unpaired) electrons. The highest BCUT2D eigenvalue weighted by molar-refractivity contribution is 4.69. The van der Waals surface area contributed by atoms with Crippen LogP contribution in [0.4, 0.5) is 0 Å². The van der Waals surface area contributed by atoms with Crippen molar-refractivity contribution in [3.8, 4) is 0 Å². The first kappa shape index (κ1) is 14.9. The third-order valence-electron chi connectivity index (χ3n) is 2.63. The zero-order chi connectivity index (χ0) is 11.8. The molecule has 0 spiro atoms. The van der Waals surface area contributed by atoms with Crippen molar-refractivity contribution in [2.75, 3.05) is 13.2 Å². The van der Waals surface area contributed by atoms with E-state index in [1.807, 2.05) is 0 Å². The van der Waals surface area contributed by atoms with Crippen molar-refractivity contribution >= 4 is 0 Å². The van der Waals surface area contributed by atoms with E-state index in [4.69, 9.17) is 4.74 Å². The molecule has 0 saturated heterocycles. The van der Waals surface area contributed by atoms with E-state index in [0.29, 0.717) is 18.1 Å². The van der Waals surface area contributed by atoms with E-state index >= 15 is 0 Å². The molecule has 0 aliphatic carbocycles. The first-order chi connectivity index (χ1) is 6.97. The summed E-state index contributed by atoms with van der Waals surface area (Å²) < 4.78 is 5.87. The molecule has 2 nitrogen and oxygen atoms in total. The van der Waals surface area contributed by atoms with Crippen LogP contribution >= 0.6 is 0 Å². The van der Waals surface area contributed by atoms with Gasteiger partial charge in [-0.2, -0.15) is 0 Å². The highest BCUT2D eigenvalue weighted by Crippen LogP contribution is 2.09. The normalized spacial score (nSPS) is 16.0. The van der Waals surface area contributed by atoms with Crippen molar-refractivity contribution in [1.29, 1.82) is 0 Å². The maximum atomic E-state index is 5.87. The lowest BCUT2D eigenvalue weighted by Crippen LogP contribution is -2.38. The highest BCUT2D eigenvalue weighted by Gasteiger charge is 2.14. The number of rotatable bonds is 8. The van der Waals surface area contributed by atoms with Crippen molar-refractivity contribution in [1.82, 2.24) is 5.32 Å². The Bertz CT molecular complexity index is 145. The molecule has 0 aromatic heterocycles. The molecule has 0 aliphatic heterocycles. The molecule has 0 bridgehead atoms. The molecule has 15 heavy (non-hydrogen) atoms. The van der Waals surface area contributed by atoms with E-state index < -0.39 is 0 Å². The van der Waals surface area contributed by atoms with E-state index in [9.17, 15) is 0 Å². The second-order valence-corrected chi connectivity index (χ2v) is 5.18. The van der Waals surface area contributed by atoms with Gasteiger partial charge in [0, 0.05) is 6.04 Å². The Labute approximate surface area is 95.8 Å². The Morgan fingerprint density at radius 2 is 1.67 bits per heavy atom. The summed E-state index contributed by atoms with van der Waals surface area (Å²) in [6, 6.07) is 0.490. The molecular formula is C13H29NO. The van der Waals surface area contributed by atoms with Crippen LogP contribution in [0.3, 0.4) is 0 Å². The molecule has 0 aromatic carbocycles.